The molecule has 6 heteroatoms. The van der Waals surface area contributed by atoms with Crippen LogP contribution in [0.1, 0.15) is 13.8 Å². The van der Waals surface area contributed by atoms with Crippen molar-refractivity contribution >= 4 is 23.9 Å². The fourth-order valence-electron chi connectivity index (χ4n) is 1.49. The molecular formula is C11H19ClNO3P. The molecule has 17 heavy (non-hydrogen) atoms. The molecule has 98 valence electrons. The highest BCUT2D eigenvalue weighted by molar-refractivity contribution is 7.89. The molecule has 0 rings (SSSR count). The Hall–Kier alpha value is -0.570. The van der Waals surface area contributed by atoms with Crippen molar-refractivity contribution in [1.29, 1.82) is 0 Å². The van der Waals surface area contributed by atoms with Crippen molar-refractivity contribution in [1.82, 2.24) is 4.67 Å². The van der Waals surface area contributed by atoms with E-state index in [0.29, 0.717) is 0 Å². The largest absolute Gasteiger partial charge is 0.468 e. The van der Waals surface area contributed by atoms with Gasteiger partial charge in [-0.15, -0.1) is 6.58 Å². The Labute approximate surface area is 107 Å². The van der Waals surface area contributed by atoms with E-state index in [1.165, 1.54) is 17.9 Å². The number of carbonyl (C=O) groups is 1. The molecule has 0 saturated heterocycles. The maximum Gasteiger partial charge on any atom is 0.323 e. The summed E-state index contributed by atoms with van der Waals surface area (Å²) in [5, 5.41) is 0. The summed E-state index contributed by atoms with van der Waals surface area (Å²) in [5.74, 6) is 0.607. The first-order valence-electron chi connectivity index (χ1n) is 5.20. The highest BCUT2D eigenvalue weighted by atomic mass is 35.7. The van der Waals surface area contributed by atoms with Crippen molar-refractivity contribution in [2.75, 3.05) is 13.7 Å². The molecule has 0 aromatic heterocycles. The van der Waals surface area contributed by atoms with Crippen LogP contribution in [0.4, 0.5) is 0 Å². The van der Waals surface area contributed by atoms with Gasteiger partial charge in [0.05, 0.1) is 7.11 Å². The standard InChI is InChI=1S/C11H19ClNO3P/c1-6-8-13(17(12,15)7-2)10(9(3)4)11(14)16-5/h6-7,9-10H,1-2,8H2,3-5H3/t10-,17?/m0/s1. The minimum Gasteiger partial charge on any atom is -0.468 e. The molecule has 0 N–H and O–H groups in total. The Bertz CT molecular complexity index is 344. The summed E-state index contributed by atoms with van der Waals surface area (Å²) < 4.78 is 18.2. The smallest absolute Gasteiger partial charge is 0.323 e. The van der Waals surface area contributed by atoms with Crippen molar-refractivity contribution in [3.63, 3.8) is 0 Å². The van der Waals surface area contributed by atoms with Gasteiger partial charge >= 0.3 is 5.97 Å². The number of carbonyl (C=O) groups excluding carboxylic acids is 1. The third-order valence-corrected chi connectivity index (χ3v) is 4.85. The molecule has 0 radical (unpaired) electrons. The van der Waals surface area contributed by atoms with Crippen LogP contribution in [0.5, 0.6) is 0 Å². The summed E-state index contributed by atoms with van der Waals surface area (Å²) in [4.78, 5) is 11.7. The average molecular weight is 280 g/mol. The monoisotopic (exact) mass is 279 g/mol. The molecule has 0 aliphatic rings. The SMILES string of the molecule is C=CCN([C@H](C(=O)OC)C(C)C)P(=O)(Cl)C=C. The fourth-order valence-corrected chi connectivity index (χ4v) is 3.21. The van der Waals surface area contributed by atoms with Crippen molar-refractivity contribution < 1.29 is 14.1 Å². The zero-order chi connectivity index (χ0) is 13.6. The number of hydrogen-bond acceptors (Lipinski definition) is 3. The van der Waals surface area contributed by atoms with Gasteiger partial charge in [-0.25, -0.2) is 4.67 Å². The van der Waals surface area contributed by atoms with E-state index >= 15 is 0 Å². The Morgan fingerprint density at radius 3 is 2.35 bits per heavy atom. The summed E-state index contributed by atoms with van der Waals surface area (Å²) in [6, 6.07) is -0.681. The number of hydrogen-bond donors (Lipinski definition) is 0. The summed E-state index contributed by atoms with van der Waals surface area (Å²) in [7, 11) is 1.29. The molecule has 0 bridgehead atoms. The van der Waals surface area contributed by atoms with Gasteiger partial charge in [0, 0.05) is 6.54 Å². The average Bonchev–Trinajstić information content (AvgIpc) is 2.27. The summed E-state index contributed by atoms with van der Waals surface area (Å²) in [6.07, 6.45) is 1.54. The van der Waals surface area contributed by atoms with E-state index in [4.69, 9.17) is 16.0 Å². The van der Waals surface area contributed by atoms with Gasteiger partial charge in [-0.05, 0) is 23.0 Å². The lowest BCUT2D eigenvalue weighted by atomic mass is 10.0. The fraction of sp³-hybridized carbons (Fsp3) is 0.545. The normalized spacial score (nSPS) is 16.4. The van der Waals surface area contributed by atoms with Crippen LogP contribution >= 0.6 is 17.9 Å². The molecular weight excluding hydrogens is 261 g/mol. The molecule has 4 nitrogen and oxygen atoms in total. The van der Waals surface area contributed by atoms with Crippen LogP contribution < -0.4 is 0 Å². The Kier molecular flexibility index (Phi) is 6.76. The van der Waals surface area contributed by atoms with E-state index in [1.54, 1.807) is 0 Å². The number of esters is 1. The second kappa shape index (κ2) is 7.00. The summed E-state index contributed by atoms with van der Waals surface area (Å²) in [6.45, 7) is 7.62. The van der Waals surface area contributed by atoms with E-state index in [0.717, 1.165) is 5.82 Å². The predicted molar refractivity (Wildman–Crippen MR) is 71.2 cm³/mol. The van der Waals surface area contributed by atoms with Crippen molar-refractivity contribution in [2.24, 2.45) is 5.92 Å². The molecule has 0 aliphatic carbocycles. The van der Waals surface area contributed by atoms with E-state index in [1.807, 2.05) is 13.8 Å². The van der Waals surface area contributed by atoms with Crippen LogP contribution in [-0.4, -0.2) is 30.3 Å². The molecule has 0 saturated carbocycles. The predicted octanol–water partition coefficient (Wildman–Crippen LogP) is 3.25. The van der Waals surface area contributed by atoms with Gasteiger partial charge in [0.2, 0.25) is 0 Å². The van der Waals surface area contributed by atoms with Crippen LogP contribution in [0.3, 0.4) is 0 Å². The lowest BCUT2D eigenvalue weighted by Gasteiger charge is -2.32. The van der Waals surface area contributed by atoms with Crippen LogP contribution in [0, 0.1) is 5.92 Å². The molecule has 0 aromatic carbocycles. The van der Waals surface area contributed by atoms with Crippen LogP contribution in [0.2, 0.25) is 0 Å². The minimum atomic E-state index is -3.28. The van der Waals surface area contributed by atoms with E-state index < -0.39 is 18.7 Å². The second-order valence-corrected chi connectivity index (χ2v) is 7.27. The number of methoxy groups -OCH3 is 1. The number of nitrogens with zero attached hydrogens (tertiary/aromatic N) is 1. The highest BCUT2D eigenvalue weighted by Gasteiger charge is 2.37. The van der Waals surface area contributed by atoms with E-state index in [2.05, 4.69) is 13.2 Å². The van der Waals surface area contributed by atoms with Crippen LogP contribution in [-0.2, 0) is 14.1 Å². The first-order valence-corrected chi connectivity index (χ1v) is 7.84. The minimum absolute atomic E-state index is 0.0885. The first kappa shape index (κ1) is 16.4. The third-order valence-electron chi connectivity index (χ3n) is 2.29. The van der Waals surface area contributed by atoms with Gasteiger partial charge in [-0.2, -0.15) is 0 Å². The van der Waals surface area contributed by atoms with Crippen LogP contribution in [0.25, 0.3) is 0 Å². The topological polar surface area (TPSA) is 46.6 Å². The Balaban J connectivity index is 5.38. The van der Waals surface area contributed by atoms with Gasteiger partial charge < -0.3 is 4.74 Å². The summed E-state index contributed by atoms with van der Waals surface area (Å²) >= 11 is 5.91. The van der Waals surface area contributed by atoms with Gasteiger partial charge in [-0.1, -0.05) is 26.5 Å². The highest BCUT2D eigenvalue weighted by Crippen LogP contribution is 2.57. The van der Waals surface area contributed by atoms with Crippen molar-refractivity contribution in [3.05, 3.63) is 25.1 Å². The second-order valence-electron chi connectivity index (χ2n) is 3.85. The molecule has 2 atom stereocenters. The van der Waals surface area contributed by atoms with Gasteiger partial charge in [0.25, 0.3) is 6.65 Å². The molecule has 0 spiro atoms. The van der Waals surface area contributed by atoms with Gasteiger partial charge in [-0.3, -0.25) is 9.36 Å². The van der Waals surface area contributed by atoms with Gasteiger partial charge in [0.15, 0.2) is 0 Å². The van der Waals surface area contributed by atoms with Crippen molar-refractivity contribution in [2.45, 2.75) is 19.9 Å². The maximum absolute atomic E-state index is 12.2. The molecule has 0 amide bonds. The molecule has 0 aromatic rings. The number of rotatable bonds is 7. The molecule has 0 aliphatic heterocycles. The Morgan fingerprint density at radius 1 is 1.53 bits per heavy atom. The number of halogens is 1. The lowest BCUT2D eigenvalue weighted by Crippen LogP contribution is -2.42. The quantitative estimate of drug-likeness (QED) is 0.408. The van der Waals surface area contributed by atoms with Crippen LogP contribution in [0.15, 0.2) is 25.1 Å². The zero-order valence-corrected chi connectivity index (χ0v) is 12.1. The molecule has 0 fully saturated rings. The Morgan fingerprint density at radius 2 is 2.06 bits per heavy atom. The summed E-state index contributed by atoms with van der Waals surface area (Å²) in [5.41, 5.74) is 0. The third kappa shape index (κ3) is 4.30. The molecule has 1 unspecified atom stereocenters. The zero-order valence-electron chi connectivity index (χ0n) is 10.4. The van der Waals surface area contributed by atoms with Crippen molar-refractivity contribution in [3.8, 4) is 0 Å². The van der Waals surface area contributed by atoms with E-state index in [-0.39, 0.29) is 12.5 Å². The maximum atomic E-state index is 12.2. The molecule has 0 heterocycles. The number of ether oxygens (including phenoxy) is 1. The van der Waals surface area contributed by atoms with E-state index in [9.17, 15) is 9.36 Å². The van der Waals surface area contributed by atoms with Gasteiger partial charge in [0.1, 0.15) is 6.04 Å². The first-order chi connectivity index (χ1) is 7.81. The lowest BCUT2D eigenvalue weighted by molar-refractivity contribution is -0.146.